The van der Waals surface area contributed by atoms with E-state index in [9.17, 15) is 4.79 Å². The van der Waals surface area contributed by atoms with Crippen molar-refractivity contribution in [2.75, 3.05) is 0 Å². The largest absolute Gasteiger partial charge is 0.291 e. The van der Waals surface area contributed by atoms with Gasteiger partial charge in [-0.2, -0.15) is 0 Å². The molecular formula is C10H9OS. The molecule has 0 saturated heterocycles. The van der Waals surface area contributed by atoms with E-state index in [1.165, 1.54) is 0 Å². The van der Waals surface area contributed by atoms with E-state index in [1.54, 1.807) is 5.37 Å². The van der Waals surface area contributed by atoms with Crippen LogP contribution in [0.3, 0.4) is 0 Å². The first-order valence-electron chi connectivity index (χ1n) is 3.76. The van der Waals surface area contributed by atoms with Gasteiger partial charge in [0.2, 0.25) is 0 Å². The molecule has 0 saturated carbocycles. The normalized spacial score (nSPS) is 9.33. The summed E-state index contributed by atoms with van der Waals surface area (Å²) >= 11 is 4.76. The molecule has 0 atom stereocenters. The summed E-state index contributed by atoms with van der Waals surface area (Å²) < 4.78 is 0. The van der Waals surface area contributed by atoms with Crippen molar-refractivity contribution in [1.82, 2.24) is 0 Å². The molecule has 0 bridgehead atoms. The second-order valence-corrected chi connectivity index (χ2v) is 2.74. The van der Waals surface area contributed by atoms with Crippen molar-refractivity contribution in [2.24, 2.45) is 0 Å². The average Bonchev–Trinajstić information content (AvgIpc) is 2.15. The fourth-order valence-corrected chi connectivity index (χ4v) is 1.12. The molecule has 0 heterocycles. The van der Waals surface area contributed by atoms with Crippen molar-refractivity contribution in [3.8, 4) is 0 Å². The fraction of sp³-hybridized carbons (Fsp3) is 0.200. The lowest BCUT2D eigenvalue weighted by molar-refractivity contribution is 0.551. The molecule has 61 valence electrons. The zero-order chi connectivity index (χ0) is 8.81. The number of carbonyl (C=O) groups excluding carboxylic acids is 1. The number of thiocarbonyl (C=S) groups is 1. The Balaban J connectivity index is 2.64. The quantitative estimate of drug-likeness (QED) is 0.655. The number of hydrogen-bond acceptors (Lipinski definition) is 2. The van der Waals surface area contributed by atoms with E-state index in [2.05, 4.69) is 0 Å². The van der Waals surface area contributed by atoms with Crippen LogP contribution in [-0.4, -0.2) is 11.7 Å². The maximum absolute atomic E-state index is 9.95. The SMILES string of the molecule is O=[C]CCc1ccc(C=S)cc1. The van der Waals surface area contributed by atoms with Crippen LogP contribution in [0.4, 0.5) is 0 Å². The Kier molecular flexibility index (Phi) is 3.61. The second kappa shape index (κ2) is 4.78. The number of benzene rings is 1. The number of hydrogen-bond donors (Lipinski definition) is 0. The Bertz CT molecular complexity index is 264. The zero-order valence-corrected chi connectivity index (χ0v) is 7.43. The molecule has 0 N–H and O–H groups in total. The van der Waals surface area contributed by atoms with Gasteiger partial charge in [-0.15, -0.1) is 0 Å². The molecule has 1 aromatic rings. The van der Waals surface area contributed by atoms with E-state index < -0.39 is 0 Å². The molecule has 0 fully saturated rings. The van der Waals surface area contributed by atoms with Crippen LogP contribution in [-0.2, 0) is 11.2 Å². The van der Waals surface area contributed by atoms with Crippen molar-refractivity contribution >= 4 is 23.9 Å². The van der Waals surface area contributed by atoms with Gasteiger partial charge < -0.3 is 0 Å². The molecule has 1 radical (unpaired) electrons. The van der Waals surface area contributed by atoms with Crippen LogP contribution in [0, 0.1) is 0 Å². The average molecular weight is 177 g/mol. The van der Waals surface area contributed by atoms with Gasteiger partial charge in [-0.3, -0.25) is 4.79 Å². The Morgan fingerprint density at radius 3 is 2.50 bits per heavy atom. The molecule has 12 heavy (non-hydrogen) atoms. The molecule has 1 aromatic carbocycles. The first-order chi connectivity index (χ1) is 5.86. The summed E-state index contributed by atoms with van der Waals surface area (Å²) in [4.78, 5) is 9.95. The van der Waals surface area contributed by atoms with Gasteiger partial charge in [-0.25, -0.2) is 0 Å². The van der Waals surface area contributed by atoms with Gasteiger partial charge in [0.05, 0.1) is 0 Å². The van der Waals surface area contributed by atoms with Gasteiger partial charge in [0.25, 0.3) is 0 Å². The van der Waals surface area contributed by atoms with Crippen molar-refractivity contribution < 1.29 is 4.79 Å². The second-order valence-electron chi connectivity index (χ2n) is 2.50. The molecule has 2 heteroatoms. The molecule has 0 unspecified atom stereocenters. The maximum atomic E-state index is 9.95. The van der Waals surface area contributed by atoms with Crippen LogP contribution in [0.2, 0.25) is 0 Å². The highest BCUT2D eigenvalue weighted by molar-refractivity contribution is 7.79. The highest BCUT2D eigenvalue weighted by atomic mass is 32.1. The van der Waals surface area contributed by atoms with Gasteiger partial charge in [0.15, 0.2) is 6.29 Å². The number of rotatable bonds is 4. The number of aryl methyl sites for hydroxylation is 1. The lowest BCUT2D eigenvalue weighted by Gasteiger charge is -1.96. The van der Waals surface area contributed by atoms with Gasteiger partial charge in [-0.05, 0) is 17.5 Å². The Labute approximate surface area is 77.4 Å². The van der Waals surface area contributed by atoms with Crippen LogP contribution < -0.4 is 0 Å². The van der Waals surface area contributed by atoms with E-state index in [-0.39, 0.29) is 0 Å². The molecule has 0 spiro atoms. The summed E-state index contributed by atoms with van der Waals surface area (Å²) in [6.07, 6.45) is 3.10. The molecule has 0 aliphatic carbocycles. The van der Waals surface area contributed by atoms with Crippen molar-refractivity contribution in [3.63, 3.8) is 0 Å². The van der Waals surface area contributed by atoms with E-state index >= 15 is 0 Å². The summed E-state index contributed by atoms with van der Waals surface area (Å²) in [5.41, 5.74) is 2.18. The minimum Gasteiger partial charge on any atom is -0.291 e. The highest BCUT2D eigenvalue weighted by Gasteiger charge is 1.92. The van der Waals surface area contributed by atoms with Crippen molar-refractivity contribution in [2.45, 2.75) is 12.8 Å². The molecule has 0 aliphatic rings. The topological polar surface area (TPSA) is 17.1 Å². The fourth-order valence-electron chi connectivity index (χ4n) is 0.958. The van der Waals surface area contributed by atoms with Crippen molar-refractivity contribution in [3.05, 3.63) is 35.4 Å². The summed E-state index contributed by atoms with van der Waals surface area (Å²) in [7, 11) is 0. The first kappa shape index (κ1) is 9.07. The molecule has 0 aromatic heterocycles. The van der Waals surface area contributed by atoms with E-state index in [4.69, 9.17) is 12.2 Å². The molecular weight excluding hydrogens is 168 g/mol. The molecule has 0 aliphatic heterocycles. The Hall–Kier alpha value is -1.02. The third kappa shape index (κ3) is 2.55. The van der Waals surface area contributed by atoms with Crippen LogP contribution in [0.25, 0.3) is 0 Å². The third-order valence-electron chi connectivity index (χ3n) is 1.63. The van der Waals surface area contributed by atoms with Gasteiger partial charge in [0.1, 0.15) is 0 Å². The molecule has 1 nitrogen and oxygen atoms in total. The standard InChI is InChI=1S/C10H9OS/c11-7-1-2-9-3-5-10(8-12)6-4-9/h3-6,8H,1-2H2. The van der Waals surface area contributed by atoms with Gasteiger partial charge in [-0.1, -0.05) is 36.5 Å². The highest BCUT2D eigenvalue weighted by Crippen LogP contribution is 2.04. The van der Waals surface area contributed by atoms with Crippen molar-refractivity contribution in [1.29, 1.82) is 0 Å². The van der Waals surface area contributed by atoms with Gasteiger partial charge >= 0.3 is 0 Å². The monoisotopic (exact) mass is 177 g/mol. The third-order valence-corrected chi connectivity index (χ3v) is 1.90. The van der Waals surface area contributed by atoms with Crippen LogP contribution in [0.15, 0.2) is 24.3 Å². The molecule has 1 rings (SSSR count). The smallest absolute Gasteiger partial charge is 0.198 e. The van der Waals surface area contributed by atoms with Gasteiger partial charge in [0, 0.05) is 11.8 Å². The lowest BCUT2D eigenvalue weighted by atomic mass is 10.1. The Morgan fingerprint density at radius 2 is 2.00 bits per heavy atom. The van der Waals surface area contributed by atoms with E-state index in [0.717, 1.165) is 17.5 Å². The summed E-state index contributed by atoms with van der Waals surface area (Å²) in [6, 6.07) is 7.87. The summed E-state index contributed by atoms with van der Waals surface area (Å²) in [6.45, 7) is 0. The zero-order valence-electron chi connectivity index (χ0n) is 6.62. The lowest BCUT2D eigenvalue weighted by Crippen LogP contribution is -1.86. The Morgan fingerprint density at radius 1 is 1.33 bits per heavy atom. The van der Waals surface area contributed by atoms with Crippen LogP contribution in [0.1, 0.15) is 17.5 Å². The first-order valence-corrected chi connectivity index (χ1v) is 4.23. The van der Waals surface area contributed by atoms with Crippen LogP contribution in [0.5, 0.6) is 0 Å². The molecule has 0 amide bonds. The van der Waals surface area contributed by atoms with E-state index in [0.29, 0.717) is 6.42 Å². The van der Waals surface area contributed by atoms with E-state index in [1.807, 2.05) is 30.6 Å². The summed E-state index contributed by atoms with van der Waals surface area (Å²) in [5.74, 6) is 0. The van der Waals surface area contributed by atoms with Crippen LogP contribution >= 0.6 is 12.2 Å². The predicted molar refractivity (Wildman–Crippen MR) is 53.2 cm³/mol. The minimum absolute atomic E-state index is 0.469. The summed E-state index contributed by atoms with van der Waals surface area (Å²) in [5, 5.41) is 1.63. The minimum atomic E-state index is 0.469. The maximum Gasteiger partial charge on any atom is 0.198 e. The predicted octanol–water partition coefficient (Wildman–Crippen LogP) is 2.08.